The molecule has 0 atom stereocenters. The highest BCUT2D eigenvalue weighted by atomic mass is 35.7. The zero-order valence-corrected chi connectivity index (χ0v) is 15.3. The second-order valence-corrected chi connectivity index (χ2v) is 7.43. The summed E-state index contributed by atoms with van der Waals surface area (Å²) in [6.45, 7) is 0. The maximum absolute atomic E-state index is 12.3. The molecule has 9 nitrogen and oxygen atoms in total. The largest absolute Gasteiger partial charge is 0.326 e. The normalized spacial score (nSPS) is 16.0. The lowest BCUT2D eigenvalue weighted by atomic mass is 9.88. The molecule has 2 N–H and O–H groups in total. The second-order valence-electron chi connectivity index (χ2n) is 6.67. The van der Waals surface area contributed by atoms with Gasteiger partial charge in [-0.25, -0.2) is 23.4 Å². The van der Waals surface area contributed by atoms with Crippen molar-refractivity contribution in [1.29, 1.82) is 0 Å². The number of aromatic amines is 2. The van der Waals surface area contributed by atoms with Gasteiger partial charge in [-0.2, -0.15) is 4.57 Å². The Morgan fingerprint density at radius 3 is 1.81 bits per heavy atom. The lowest BCUT2D eigenvalue weighted by Gasteiger charge is -2.21. The van der Waals surface area contributed by atoms with E-state index in [4.69, 9.17) is 18.6 Å². The maximum atomic E-state index is 12.3. The van der Waals surface area contributed by atoms with Gasteiger partial charge in [0.1, 0.15) is 0 Å². The van der Waals surface area contributed by atoms with E-state index in [-0.39, 0.29) is 5.56 Å². The number of fused-ring (bicyclic) bond motifs is 2. The zero-order chi connectivity index (χ0) is 19.6. The van der Waals surface area contributed by atoms with Crippen molar-refractivity contribution in [3.8, 4) is 5.69 Å². The number of hydrogen-bond acceptors (Lipinski definition) is 6. The van der Waals surface area contributed by atoms with Crippen molar-refractivity contribution in [2.45, 2.75) is 51.4 Å². The molecule has 0 aliphatic heterocycles. The minimum absolute atomic E-state index is 0.305. The fraction of sp³-hybridized carbons (Fsp3) is 0.471. The van der Waals surface area contributed by atoms with Crippen LogP contribution in [0.5, 0.6) is 0 Å². The molecular weight excluding hydrogens is 378 g/mol. The average Bonchev–Trinajstić information content (AvgIpc) is 2.59. The third kappa shape index (κ3) is 4.82. The SMILES string of the molecule is O=c1[nH]cc(-[n+]2c3c(cc4c2CCCC4)CCCC3)c(=O)[nH]1.[O-][Cl+3]([O-])([O-])[O-]. The third-order valence-corrected chi connectivity index (χ3v) is 4.89. The van der Waals surface area contributed by atoms with E-state index in [1.54, 1.807) is 6.20 Å². The molecule has 0 amide bonds. The summed E-state index contributed by atoms with van der Waals surface area (Å²) in [4.78, 5) is 28.6. The van der Waals surface area contributed by atoms with Gasteiger partial charge in [-0.05, 0) is 44.6 Å². The molecular formula is C17H20ClN3O6. The van der Waals surface area contributed by atoms with Gasteiger partial charge < -0.3 is 4.98 Å². The Morgan fingerprint density at radius 2 is 1.33 bits per heavy atom. The molecule has 10 heteroatoms. The fourth-order valence-electron chi connectivity index (χ4n) is 3.88. The third-order valence-electron chi connectivity index (χ3n) is 4.89. The Hall–Kier alpha value is -2.04. The predicted octanol–water partition coefficient (Wildman–Crippen LogP) is -3.66. The topological polar surface area (TPSA) is 162 Å². The molecule has 0 bridgehead atoms. The second kappa shape index (κ2) is 7.91. The minimum atomic E-state index is -4.94. The van der Waals surface area contributed by atoms with Crippen molar-refractivity contribution in [2.75, 3.05) is 0 Å². The van der Waals surface area contributed by atoms with Gasteiger partial charge in [0.25, 0.3) is 5.69 Å². The smallest absolute Gasteiger partial charge is 0.308 e. The number of H-pyrrole nitrogens is 2. The number of aromatic nitrogens is 3. The molecule has 2 aliphatic rings. The van der Waals surface area contributed by atoms with Gasteiger partial charge in [0.15, 0.2) is 11.4 Å². The molecule has 4 rings (SSSR count). The van der Waals surface area contributed by atoms with E-state index in [0.717, 1.165) is 38.5 Å². The van der Waals surface area contributed by atoms with E-state index in [1.807, 2.05) is 0 Å². The Labute approximate surface area is 156 Å². The van der Waals surface area contributed by atoms with Crippen molar-refractivity contribution in [1.82, 2.24) is 9.97 Å². The van der Waals surface area contributed by atoms with Gasteiger partial charge in [0.2, 0.25) is 0 Å². The van der Waals surface area contributed by atoms with Crippen LogP contribution in [0, 0.1) is 10.2 Å². The van der Waals surface area contributed by atoms with Crippen LogP contribution >= 0.6 is 0 Å². The lowest BCUT2D eigenvalue weighted by molar-refractivity contribution is -2.00. The summed E-state index contributed by atoms with van der Waals surface area (Å²) in [6, 6.07) is 2.36. The molecule has 0 unspecified atom stereocenters. The Bertz CT molecular complexity index is 907. The Kier molecular flexibility index (Phi) is 5.78. The standard InChI is InChI=1S/C17H19N3O2.ClHO4/c21-16-15(10-18-17(22)19-16)20-13-7-3-1-5-11(13)9-12-6-2-4-8-14(12)20;2-1(3,4)5/h9-10H,1-8H2,(H-,18,19,21,22);(H,2,3,4,5). The van der Waals surface area contributed by atoms with Gasteiger partial charge in [0, 0.05) is 24.0 Å². The fourth-order valence-corrected chi connectivity index (χ4v) is 3.88. The molecule has 146 valence electrons. The van der Waals surface area contributed by atoms with Gasteiger partial charge in [-0.1, -0.05) is 0 Å². The minimum Gasteiger partial charge on any atom is -0.308 e. The first-order valence-corrected chi connectivity index (χ1v) is 10.00. The molecule has 27 heavy (non-hydrogen) atoms. The van der Waals surface area contributed by atoms with E-state index >= 15 is 0 Å². The van der Waals surface area contributed by atoms with E-state index < -0.39 is 15.9 Å². The van der Waals surface area contributed by atoms with Gasteiger partial charge in [-0.3, -0.25) is 9.78 Å². The van der Waals surface area contributed by atoms with Crippen LogP contribution in [0.3, 0.4) is 0 Å². The van der Waals surface area contributed by atoms with Crippen LogP contribution in [0.25, 0.3) is 5.69 Å². The van der Waals surface area contributed by atoms with Crippen molar-refractivity contribution in [3.63, 3.8) is 0 Å². The van der Waals surface area contributed by atoms with Crippen molar-refractivity contribution in [2.24, 2.45) is 0 Å². The highest BCUT2D eigenvalue weighted by Crippen LogP contribution is 2.26. The van der Waals surface area contributed by atoms with Crippen LogP contribution < -0.4 is 34.5 Å². The first kappa shape index (κ1) is 19.7. The number of aryl methyl sites for hydroxylation is 2. The molecule has 2 aromatic rings. The van der Waals surface area contributed by atoms with E-state index in [0.29, 0.717) is 5.69 Å². The number of rotatable bonds is 1. The number of pyridine rings is 1. The lowest BCUT2D eigenvalue weighted by Crippen LogP contribution is -2.68. The van der Waals surface area contributed by atoms with Gasteiger partial charge >= 0.3 is 11.2 Å². The Morgan fingerprint density at radius 1 is 0.852 bits per heavy atom. The van der Waals surface area contributed by atoms with Crippen LogP contribution in [-0.4, -0.2) is 9.97 Å². The van der Waals surface area contributed by atoms with Crippen molar-refractivity contribution in [3.05, 3.63) is 55.6 Å². The van der Waals surface area contributed by atoms with Crippen LogP contribution in [0.4, 0.5) is 0 Å². The quantitative estimate of drug-likeness (QED) is 0.471. The first-order chi connectivity index (χ1) is 12.7. The van der Waals surface area contributed by atoms with Crippen LogP contribution in [0.15, 0.2) is 21.9 Å². The number of halogens is 1. The summed E-state index contributed by atoms with van der Waals surface area (Å²) in [5.74, 6) is 0. The summed E-state index contributed by atoms with van der Waals surface area (Å²) >= 11 is 0. The van der Waals surface area contributed by atoms with E-state index in [2.05, 4.69) is 20.6 Å². The molecule has 0 fully saturated rings. The van der Waals surface area contributed by atoms with Crippen molar-refractivity contribution < 1.29 is 33.4 Å². The van der Waals surface area contributed by atoms with Crippen LogP contribution in [0.2, 0.25) is 0 Å². The van der Waals surface area contributed by atoms with E-state index in [1.165, 1.54) is 35.4 Å². The zero-order valence-electron chi connectivity index (χ0n) is 14.6. The molecule has 0 saturated heterocycles. The van der Waals surface area contributed by atoms with Crippen LogP contribution in [0.1, 0.15) is 48.2 Å². The van der Waals surface area contributed by atoms with E-state index in [9.17, 15) is 9.59 Å². The Balaban J connectivity index is 0.000000376. The maximum Gasteiger partial charge on any atom is 0.326 e. The molecule has 2 aromatic heterocycles. The predicted molar refractivity (Wildman–Crippen MR) is 82.5 cm³/mol. The molecule has 0 spiro atoms. The molecule has 0 aromatic carbocycles. The summed E-state index contributed by atoms with van der Waals surface area (Å²) in [5.41, 5.74) is 5.05. The van der Waals surface area contributed by atoms with Crippen molar-refractivity contribution >= 4 is 0 Å². The summed E-state index contributed by atoms with van der Waals surface area (Å²) < 4.78 is 36.1. The highest BCUT2D eigenvalue weighted by molar-refractivity contribution is 5.32. The molecule has 0 radical (unpaired) electrons. The number of nitrogens with one attached hydrogen (secondary N) is 2. The molecule has 2 aliphatic carbocycles. The van der Waals surface area contributed by atoms with Crippen LogP contribution in [-0.2, 0) is 25.7 Å². The summed E-state index contributed by atoms with van der Waals surface area (Å²) in [7, 11) is -4.94. The summed E-state index contributed by atoms with van der Waals surface area (Å²) in [5, 5.41) is 0. The van der Waals surface area contributed by atoms with Gasteiger partial charge in [0.05, 0.1) is 6.20 Å². The molecule has 2 heterocycles. The highest BCUT2D eigenvalue weighted by Gasteiger charge is 2.31. The van der Waals surface area contributed by atoms with Gasteiger partial charge in [-0.15, -0.1) is 10.2 Å². The molecule has 0 saturated carbocycles. The number of nitrogens with zero attached hydrogens (tertiary/aromatic N) is 1. The first-order valence-electron chi connectivity index (χ1n) is 8.77. The number of hydrogen-bond donors (Lipinski definition) is 2. The summed E-state index contributed by atoms with van der Waals surface area (Å²) in [6.07, 6.45) is 10.5. The monoisotopic (exact) mass is 397 g/mol. The average molecular weight is 398 g/mol.